The largest absolute Gasteiger partial charge is 0.468 e. The van der Waals surface area contributed by atoms with Crippen LogP contribution in [0.2, 0.25) is 5.15 Å². The highest BCUT2D eigenvalue weighted by Gasteiger charge is 2.20. The summed E-state index contributed by atoms with van der Waals surface area (Å²) in [5.41, 5.74) is 6.81. The van der Waals surface area contributed by atoms with Gasteiger partial charge in [0.05, 0.1) is 12.8 Å². The Morgan fingerprint density at radius 1 is 1.62 bits per heavy atom. The maximum Gasteiger partial charge on any atom is 0.328 e. The van der Waals surface area contributed by atoms with Gasteiger partial charge in [-0.15, -0.1) is 0 Å². The van der Waals surface area contributed by atoms with Crippen molar-refractivity contribution >= 4 is 23.1 Å². The van der Waals surface area contributed by atoms with Gasteiger partial charge in [0.1, 0.15) is 17.9 Å². The number of nitrogens with two attached hydrogens (primary N) is 1. The molecule has 0 amide bonds. The monoisotopic (exact) mass is 240 g/mol. The molecule has 0 fully saturated rings. The van der Waals surface area contributed by atoms with Crippen LogP contribution in [0.1, 0.15) is 11.7 Å². The molecule has 2 N–H and O–H groups in total. The Bertz CT molecular complexity index is 539. The summed E-state index contributed by atoms with van der Waals surface area (Å²) in [5, 5.41) is 4.28. The van der Waals surface area contributed by atoms with Gasteiger partial charge in [0.25, 0.3) is 0 Å². The van der Waals surface area contributed by atoms with Gasteiger partial charge in [0.15, 0.2) is 5.15 Å². The minimum Gasteiger partial charge on any atom is -0.468 e. The highest BCUT2D eigenvalue weighted by molar-refractivity contribution is 6.32. The van der Waals surface area contributed by atoms with E-state index in [4.69, 9.17) is 17.3 Å². The zero-order valence-electron chi connectivity index (χ0n) is 8.42. The number of esters is 1. The van der Waals surface area contributed by atoms with E-state index in [1.54, 1.807) is 12.1 Å². The van der Waals surface area contributed by atoms with Crippen LogP contribution in [0.25, 0.3) is 5.52 Å². The number of halogens is 1. The van der Waals surface area contributed by atoms with Crippen molar-refractivity contribution in [2.45, 2.75) is 6.04 Å². The van der Waals surface area contributed by atoms with E-state index in [-0.39, 0.29) is 0 Å². The van der Waals surface area contributed by atoms with Crippen LogP contribution < -0.4 is 5.73 Å². The fraction of sp³-hybridized carbons (Fsp3) is 0.222. The van der Waals surface area contributed by atoms with Crippen molar-refractivity contribution < 1.29 is 9.53 Å². The molecular weight excluding hydrogens is 232 g/mol. The zero-order chi connectivity index (χ0) is 11.7. The SMILES string of the molecule is COC(=O)C(N)c1ccc2c(Cl)ncnn12. The lowest BCUT2D eigenvalue weighted by Gasteiger charge is -2.08. The van der Waals surface area contributed by atoms with E-state index in [9.17, 15) is 4.79 Å². The third-order valence-corrected chi connectivity index (χ3v) is 2.50. The molecule has 1 atom stereocenters. The Balaban J connectivity index is 2.54. The van der Waals surface area contributed by atoms with Crippen LogP contribution >= 0.6 is 11.6 Å². The van der Waals surface area contributed by atoms with Gasteiger partial charge in [-0.1, -0.05) is 11.6 Å². The van der Waals surface area contributed by atoms with E-state index >= 15 is 0 Å². The molecule has 0 radical (unpaired) electrons. The van der Waals surface area contributed by atoms with Crippen molar-refractivity contribution in [2.24, 2.45) is 5.73 Å². The van der Waals surface area contributed by atoms with E-state index in [2.05, 4.69) is 14.8 Å². The van der Waals surface area contributed by atoms with Crippen molar-refractivity contribution in [1.82, 2.24) is 14.6 Å². The summed E-state index contributed by atoms with van der Waals surface area (Å²) in [6, 6.07) is 2.47. The number of nitrogens with zero attached hydrogens (tertiary/aromatic N) is 3. The van der Waals surface area contributed by atoms with Crippen LogP contribution in [0.5, 0.6) is 0 Å². The first-order valence-corrected chi connectivity index (χ1v) is 4.84. The van der Waals surface area contributed by atoms with E-state index in [0.29, 0.717) is 16.4 Å². The number of carbonyl (C=O) groups excluding carboxylic acids is 1. The quantitative estimate of drug-likeness (QED) is 0.776. The Hall–Kier alpha value is -1.66. The molecule has 0 aliphatic rings. The molecule has 0 aliphatic carbocycles. The molecule has 2 aromatic heterocycles. The lowest BCUT2D eigenvalue weighted by atomic mass is 10.2. The summed E-state index contributed by atoms with van der Waals surface area (Å²) in [7, 11) is 1.28. The van der Waals surface area contributed by atoms with Gasteiger partial charge in [-0.05, 0) is 12.1 Å². The van der Waals surface area contributed by atoms with E-state index < -0.39 is 12.0 Å². The molecule has 16 heavy (non-hydrogen) atoms. The van der Waals surface area contributed by atoms with Gasteiger partial charge in [0.2, 0.25) is 0 Å². The molecule has 2 rings (SSSR count). The average Bonchev–Trinajstić information content (AvgIpc) is 2.72. The number of methoxy groups -OCH3 is 1. The van der Waals surface area contributed by atoms with Gasteiger partial charge < -0.3 is 10.5 Å². The molecular formula is C9H9ClN4O2. The first-order chi connectivity index (χ1) is 7.65. The molecule has 2 aromatic rings. The minimum absolute atomic E-state index is 0.304. The fourth-order valence-corrected chi connectivity index (χ4v) is 1.59. The molecule has 7 heteroatoms. The second-order valence-electron chi connectivity index (χ2n) is 3.11. The average molecular weight is 241 g/mol. The summed E-state index contributed by atoms with van der Waals surface area (Å²) in [5.74, 6) is -0.533. The van der Waals surface area contributed by atoms with Crippen molar-refractivity contribution in [3.8, 4) is 0 Å². The van der Waals surface area contributed by atoms with Crippen LogP contribution in [0.4, 0.5) is 0 Å². The summed E-state index contributed by atoms with van der Waals surface area (Å²) >= 11 is 5.86. The van der Waals surface area contributed by atoms with Crippen molar-refractivity contribution in [3.63, 3.8) is 0 Å². The Morgan fingerprint density at radius 2 is 2.38 bits per heavy atom. The van der Waals surface area contributed by atoms with E-state index in [1.807, 2.05) is 0 Å². The van der Waals surface area contributed by atoms with Gasteiger partial charge in [-0.2, -0.15) is 5.10 Å². The van der Waals surface area contributed by atoms with Crippen molar-refractivity contribution in [3.05, 3.63) is 29.3 Å². The molecule has 0 aromatic carbocycles. The summed E-state index contributed by atoms with van der Waals surface area (Å²) in [4.78, 5) is 15.1. The van der Waals surface area contributed by atoms with Gasteiger partial charge in [0, 0.05) is 0 Å². The predicted molar refractivity (Wildman–Crippen MR) is 56.9 cm³/mol. The van der Waals surface area contributed by atoms with Crippen molar-refractivity contribution in [2.75, 3.05) is 7.11 Å². The number of ether oxygens (including phenoxy) is 1. The topological polar surface area (TPSA) is 82.5 Å². The number of fused-ring (bicyclic) bond motifs is 1. The molecule has 0 aliphatic heterocycles. The third kappa shape index (κ3) is 1.62. The predicted octanol–water partition coefficient (Wildman–Crippen LogP) is 0.555. The highest BCUT2D eigenvalue weighted by atomic mass is 35.5. The number of hydrogen-bond acceptors (Lipinski definition) is 5. The number of aromatic nitrogens is 3. The molecule has 84 valence electrons. The van der Waals surface area contributed by atoms with Crippen LogP contribution in [0.15, 0.2) is 18.5 Å². The normalized spacial score (nSPS) is 12.7. The third-order valence-electron chi connectivity index (χ3n) is 2.21. The molecule has 1 unspecified atom stereocenters. The smallest absolute Gasteiger partial charge is 0.328 e. The number of carbonyl (C=O) groups is 1. The Kier molecular flexibility index (Phi) is 2.76. The molecule has 6 nitrogen and oxygen atoms in total. The van der Waals surface area contributed by atoms with Crippen LogP contribution in [0.3, 0.4) is 0 Å². The molecule has 0 spiro atoms. The Morgan fingerprint density at radius 3 is 3.06 bits per heavy atom. The summed E-state index contributed by atoms with van der Waals surface area (Å²) < 4.78 is 6.03. The van der Waals surface area contributed by atoms with E-state index in [1.165, 1.54) is 18.0 Å². The first-order valence-electron chi connectivity index (χ1n) is 4.46. The standard InChI is InChI=1S/C9H9ClN4O2/c1-16-9(15)7(11)5-2-3-6-8(10)12-4-13-14(5)6/h2-4,7H,11H2,1H3. The number of rotatable bonds is 2. The van der Waals surface area contributed by atoms with Gasteiger partial charge in [-0.3, -0.25) is 0 Å². The minimum atomic E-state index is -0.890. The highest BCUT2D eigenvalue weighted by Crippen LogP contribution is 2.19. The second-order valence-corrected chi connectivity index (χ2v) is 3.46. The number of hydrogen-bond donors (Lipinski definition) is 1. The maximum absolute atomic E-state index is 11.3. The summed E-state index contributed by atoms with van der Waals surface area (Å²) in [6.45, 7) is 0. The molecule has 0 saturated heterocycles. The van der Waals surface area contributed by atoms with Crippen molar-refractivity contribution in [1.29, 1.82) is 0 Å². The molecule has 0 bridgehead atoms. The Labute approximate surface area is 96.0 Å². The van der Waals surface area contributed by atoms with Gasteiger partial charge >= 0.3 is 5.97 Å². The first kappa shape index (κ1) is 10.8. The van der Waals surface area contributed by atoms with Crippen LogP contribution in [-0.4, -0.2) is 27.7 Å². The van der Waals surface area contributed by atoms with Crippen LogP contribution in [0, 0.1) is 0 Å². The molecule has 2 heterocycles. The van der Waals surface area contributed by atoms with E-state index in [0.717, 1.165) is 0 Å². The summed E-state index contributed by atoms with van der Waals surface area (Å²) in [6.07, 6.45) is 1.29. The second kappa shape index (κ2) is 4.07. The fourth-order valence-electron chi connectivity index (χ4n) is 1.41. The zero-order valence-corrected chi connectivity index (χ0v) is 9.18. The maximum atomic E-state index is 11.3. The lowest BCUT2D eigenvalue weighted by Crippen LogP contribution is -2.24. The van der Waals surface area contributed by atoms with Gasteiger partial charge in [-0.25, -0.2) is 14.3 Å². The molecule has 0 saturated carbocycles. The lowest BCUT2D eigenvalue weighted by molar-refractivity contribution is -0.142. The van der Waals surface area contributed by atoms with Crippen LogP contribution in [-0.2, 0) is 9.53 Å².